The third-order valence-electron chi connectivity index (χ3n) is 1.87. The molecular weight excluding hydrogens is 144 g/mol. The number of rotatable bonds is 2. The minimum absolute atomic E-state index is 0.276. The molecule has 0 aromatic rings. The molecule has 0 spiro atoms. The minimum Gasteiger partial charge on any atom is -0.469 e. The van der Waals surface area contributed by atoms with E-state index < -0.39 is 0 Å². The Labute approximate surface area is 65.0 Å². The first kappa shape index (κ1) is 7.98. The van der Waals surface area contributed by atoms with Crippen molar-refractivity contribution in [1.82, 2.24) is 0 Å². The summed E-state index contributed by atoms with van der Waals surface area (Å²) in [5.74, 6) is -0.855. The van der Waals surface area contributed by atoms with E-state index >= 15 is 0 Å². The zero-order valence-corrected chi connectivity index (χ0v) is 6.32. The van der Waals surface area contributed by atoms with Crippen LogP contribution >= 0.6 is 0 Å². The Morgan fingerprint density at radius 3 is 3.00 bits per heavy atom. The summed E-state index contributed by atoms with van der Waals surface area (Å²) in [5.41, 5.74) is 0. The molecule has 0 aromatic heterocycles. The van der Waals surface area contributed by atoms with Gasteiger partial charge in [0.25, 0.3) is 0 Å². The zero-order chi connectivity index (χ0) is 8.27. The van der Waals surface area contributed by atoms with Crippen LogP contribution in [0.5, 0.6) is 0 Å². The van der Waals surface area contributed by atoms with Crippen LogP contribution in [0.4, 0.5) is 0 Å². The fourth-order valence-electron chi connectivity index (χ4n) is 1.22. The van der Waals surface area contributed by atoms with Crippen LogP contribution in [0.2, 0.25) is 0 Å². The summed E-state index contributed by atoms with van der Waals surface area (Å²) < 4.78 is 4.53. The number of hydrogen-bond donors (Lipinski definition) is 0. The molecule has 0 radical (unpaired) electrons. The van der Waals surface area contributed by atoms with Crippen LogP contribution in [-0.4, -0.2) is 19.4 Å². The van der Waals surface area contributed by atoms with E-state index in [4.69, 9.17) is 0 Å². The van der Waals surface area contributed by atoms with Gasteiger partial charge in [0.2, 0.25) is 0 Å². The van der Waals surface area contributed by atoms with Gasteiger partial charge in [0.15, 0.2) is 0 Å². The molecule has 2 atom stereocenters. The average Bonchev–Trinajstić information content (AvgIpc) is 2.50. The first-order chi connectivity index (χ1) is 5.29. The third kappa shape index (κ3) is 1.48. The summed E-state index contributed by atoms with van der Waals surface area (Å²) in [4.78, 5) is 21.3. The van der Waals surface area contributed by atoms with E-state index in [-0.39, 0.29) is 17.8 Å². The molecule has 0 fully saturated rings. The second-order valence-corrected chi connectivity index (χ2v) is 2.51. The van der Waals surface area contributed by atoms with Gasteiger partial charge in [-0.25, -0.2) is 0 Å². The fraction of sp³-hybridized carbons (Fsp3) is 0.500. The molecular formula is C8H10O3. The normalized spacial score (nSPS) is 28.5. The van der Waals surface area contributed by atoms with Crippen LogP contribution in [0, 0.1) is 11.8 Å². The summed E-state index contributed by atoms with van der Waals surface area (Å²) in [6.45, 7) is 0. The summed E-state index contributed by atoms with van der Waals surface area (Å²) in [6.07, 6.45) is 4.98. The van der Waals surface area contributed by atoms with Gasteiger partial charge in [0, 0.05) is 5.92 Å². The average molecular weight is 154 g/mol. The molecule has 60 valence electrons. The van der Waals surface area contributed by atoms with E-state index in [2.05, 4.69) is 4.74 Å². The van der Waals surface area contributed by atoms with Crippen molar-refractivity contribution >= 4 is 12.3 Å². The second kappa shape index (κ2) is 3.32. The molecule has 0 saturated heterocycles. The third-order valence-corrected chi connectivity index (χ3v) is 1.87. The predicted molar refractivity (Wildman–Crippen MR) is 38.8 cm³/mol. The number of esters is 1. The molecule has 0 amide bonds. The van der Waals surface area contributed by atoms with Crippen LogP contribution in [-0.2, 0) is 14.3 Å². The molecule has 3 nitrogen and oxygen atoms in total. The van der Waals surface area contributed by atoms with Crippen LogP contribution in [0.15, 0.2) is 12.2 Å². The molecule has 0 aliphatic heterocycles. The lowest BCUT2D eigenvalue weighted by atomic mass is 9.97. The lowest BCUT2D eigenvalue weighted by Gasteiger charge is -2.10. The molecule has 0 saturated carbocycles. The molecule has 0 bridgehead atoms. The number of carbonyl (C=O) groups excluding carboxylic acids is 2. The van der Waals surface area contributed by atoms with Gasteiger partial charge in [-0.2, -0.15) is 0 Å². The number of hydrogen-bond acceptors (Lipinski definition) is 3. The summed E-state index contributed by atoms with van der Waals surface area (Å²) in [7, 11) is 1.34. The maximum Gasteiger partial charge on any atom is 0.310 e. The quantitative estimate of drug-likeness (QED) is 0.331. The zero-order valence-electron chi connectivity index (χ0n) is 6.32. The van der Waals surface area contributed by atoms with E-state index in [0.717, 1.165) is 6.29 Å². The van der Waals surface area contributed by atoms with Crippen molar-refractivity contribution in [2.75, 3.05) is 7.11 Å². The van der Waals surface area contributed by atoms with E-state index in [1.165, 1.54) is 7.11 Å². The van der Waals surface area contributed by atoms with Crippen molar-refractivity contribution < 1.29 is 14.3 Å². The van der Waals surface area contributed by atoms with Crippen molar-refractivity contribution in [1.29, 1.82) is 0 Å². The fourth-order valence-corrected chi connectivity index (χ4v) is 1.22. The van der Waals surface area contributed by atoms with Crippen molar-refractivity contribution in [2.45, 2.75) is 6.42 Å². The molecule has 0 aromatic carbocycles. The number of allylic oxidation sites excluding steroid dienone is 2. The number of aldehydes is 1. The SMILES string of the molecule is COC(=O)C1CC=CC1C=O. The molecule has 0 heterocycles. The Morgan fingerprint density at radius 2 is 2.45 bits per heavy atom. The number of carbonyl (C=O) groups is 2. The first-order valence-corrected chi connectivity index (χ1v) is 3.49. The van der Waals surface area contributed by atoms with Crippen molar-refractivity contribution in [3.8, 4) is 0 Å². The lowest BCUT2D eigenvalue weighted by molar-refractivity contribution is -0.147. The lowest BCUT2D eigenvalue weighted by Crippen LogP contribution is -2.21. The Kier molecular flexibility index (Phi) is 2.41. The Balaban J connectivity index is 2.60. The largest absolute Gasteiger partial charge is 0.469 e. The highest BCUT2D eigenvalue weighted by Crippen LogP contribution is 2.24. The van der Waals surface area contributed by atoms with Crippen molar-refractivity contribution in [3.05, 3.63) is 12.2 Å². The molecule has 1 aliphatic carbocycles. The number of ether oxygens (including phenoxy) is 1. The highest BCUT2D eigenvalue weighted by atomic mass is 16.5. The highest BCUT2D eigenvalue weighted by Gasteiger charge is 2.29. The smallest absolute Gasteiger partial charge is 0.310 e. The summed E-state index contributed by atoms with van der Waals surface area (Å²) in [5, 5.41) is 0. The molecule has 1 aliphatic rings. The topological polar surface area (TPSA) is 43.4 Å². The predicted octanol–water partition coefficient (Wildman–Crippen LogP) is 0.551. The Hall–Kier alpha value is -1.12. The van der Waals surface area contributed by atoms with Gasteiger partial charge in [-0.3, -0.25) is 4.79 Å². The first-order valence-electron chi connectivity index (χ1n) is 3.49. The van der Waals surface area contributed by atoms with Crippen molar-refractivity contribution in [3.63, 3.8) is 0 Å². The Bertz CT molecular complexity index is 196. The Morgan fingerprint density at radius 1 is 1.73 bits per heavy atom. The van der Waals surface area contributed by atoms with Crippen LogP contribution in [0.1, 0.15) is 6.42 Å². The molecule has 1 rings (SSSR count). The summed E-state index contributed by atoms with van der Waals surface area (Å²) in [6, 6.07) is 0. The van der Waals surface area contributed by atoms with Gasteiger partial charge in [-0.1, -0.05) is 12.2 Å². The van der Waals surface area contributed by atoms with Gasteiger partial charge in [-0.15, -0.1) is 0 Å². The molecule has 0 N–H and O–H groups in total. The molecule has 2 unspecified atom stereocenters. The second-order valence-electron chi connectivity index (χ2n) is 2.51. The van der Waals surface area contributed by atoms with E-state index in [1.807, 2.05) is 6.08 Å². The maximum absolute atomic E-state index is 11.0. The maximum atomic E-state index is 11.0. The van der Waals surface area contributed by atoms with E-state index in [9.17, 15) is 9.59 Å². The highest BCUT2D eigenvalue weighted by molar-refractivity contribution is 5.78. The van der Waals surface area contributed by atoms with Gasteiger partial charge in [0.05, 0.1) is 13.0 Å². The number of methoxy groups -OCH3 is 1. The van der Waals surface area contributed by atoms with Gasteiger partial charge < -0.3 is 9.53 Å². The van der Waals surface area contributed by atoms with Crippen LogP contribution < -0.4 is 0 Å². The monoisotopic (exact) mass is 154 g/mol. The van der Waals surface area contributed by atoms with Crippen LogP contribution in [0.25, 0.3) is 0 Å². The minimum atomic E-state index is -0.299. The summed E-state index contributed by atoms with van der Waals surface area (Å²) >= 11 is 0. The molecule has 3 heteroatoms. The van der Waals surface area contributed by atoms with Crippen LogP contribution in [0.3, 0.4) is 0 Å². The van der Waals surface area contributed by atoms with E-state index in [0.29, 0.717) is 6.42 Å². The van der Waals surface area contributed by atoms with Crippen molar-refractivity contribution in [2.24, 2.45) is 11.8 Å². The van der Waals surface area contributed by atoms with Gasteiger partial charge in [0.1, 0.15) is 6.29 Å². The standard InChI is InChI=1S/C8H10O3/c1-11-8(10)7-4-2-3-6(7)5-9/h2-3,5-7H,4H2,1H3. The van der Waals surface area contributed by atoms with Gasteiger partial charge >= 0.3 is 5.97 Å². The van der Waals surface area contributed by atoms with Gasteiger partial charge in [-0.05, 0) is 6.42 Å². The van der Waals surface area contributed by atoms with E-state index in [1.54, 1.807) is 6.08 Å². The molecule has 11 heavy (non-hydrogen) atoms.